The number of carbonyl (C=O) groups is 1. The molecule has 1 N–H and O–H groups in total. The molecule has 0 saturated heterocycles. The fraction of sp³-hybridized carbons (Fsp3) is 0.923. The van der Waals surface area contributed by atoms with Gasteiger partial charge in [0.2, 0.25) is 5.91 Å². The van der Waals surface area contributed by atoms with Crippen molar-refractivity contribution in [2.24, 2.45) is 11.8 Å². The summed E-state index contributed by atoms with van der Waals surface area (Å²) in [4.78, 5) is 13.6. The molecule has 16 heavy (non-hydrogen) atoms. The Labute approximate surface area is 101 Å². The number of amides is 1. The lowest BCUT2D eigenvalue weighted by molar-refractivity contribution is -0.121. The van der Waals surface area contributed by atoms with Crippen LogP contribution in [-0.2, 0) is 4.79 Å². The van der Waals surface area contributed by atoms with Gasteiger partial charge in [-0.3, -0.25) is 9.69 Å². The molecule has 0 unspecified atom stereocenters. The summed E-state index contributed by atoms with van der Waals surface area (Å²) in [7, 11) is 1.70. The van der Waals surface area contributed by atoms with E-state index < -0.39 is 0 Å². The van der Waals surface area contributed by atoms with Gasteiger partial charge < -0.3 is 5.32 Å². The molecule has 0 aliphatic heterocycles. The Morgan fingerprint density at radius 2 is 1.50 bits per heavy atom. The van der Waals surface area contributed by atoms with E-state index in [2.05, 4.69) is 37.9 Å². The van der Waals surface area contributed by atoms with Crippen LogP contribution in [0.15, 0.2) is 0 Å². The molecule has 0 fully saturated rings. The standard InChI is InChI=1S/C13H28N2O/c1-11(2)6-8-15(9-7-12(3)4)10-13(16)14-5/h11-12H,6-10H2,1-5H3,(H,14,16). The van der Waals surface area contributed by atoms with Crippen molar-refractivity contribution in [2.45, 2.75) is 40.5 Å². The highest BCUT2D eigenvalue weighted by molar-refractivity contribution is 5.77. The number of likely N-dealkylation sites (N-methyl/N-ethyl adjacent to an activating group) is 1. The summed E-state index contributed by atoms with van der Waals surface area (Å²) >= 11 is 0. The molecule has 0 spiro atoms. The second-order valence-corrected chi connectivity index (χ2v) is 5.31. The lowest BCUT2D eigenvalue weighted by atomic mass is 10.1. The Balaban J connectivity index is 3.99. The predicted molar refractivity (Wildman–Crippen MR) is 69.4 cm³/mol. The van der Waals surface area contributed by atoms with Crippen molar-refractivity contribution in [3.8, 4) is 0 Å². The molecular weight excluding hydrogens is 200 g/mol. The Morgan fingerprint density at radius 3 is 1.81 bits per heavy atom. The van der Waals surface area contributed by atoms with Gasteiger partial charge in [-0.25, -0.2) is 0 Å². The van der Waals surface area contributed by atoms with Crippen LogP contribution >= 0.6 is 0 Å². The minimum absolute atomic E-state index is 0.118. The molecule has 0 bridgehead atoms. The molecule has 1 amide bonds. The Hall–Kier alpha value is -0.570. The average Bonchev–Trinajstić information content (AvgIpc) is 2.21. The van der Waals surface area contributed by atoms with E-state index in [4.69, 9.17) is 0 Å². The van der Waals surface area contributed by atoms with E-state index in [1.54, 1.807) is 7.05 Å². The molecular formula is C13H28N2O. The summed E-state index contributed by atoms with van der Waals surface area (Å²) in [6, 6.07) is 0. The van der Waals surface area contributed by atoms with E-state index in [1.165, 1.54) is 0 Å². The van der Waals surface area contributed by atoms with Crippen molar-refractivity contribution in [3.05, 3.63) is 0 Å². The number of nitrogens with zero attached hydrogens (tertiary/aromatic N) is 1. The molecule has 3 nitrogen and oxygen atoms in total. The molecule has 0 aliphatic carbocycles. The van der Waals surface area contributed by atoms with Crippen LogP contribution in [0.2, 0.25) is 0 Å². The highest BCUT2D eigenvalue weighted by Crippen LogP contribution is 2.06. The highest BCUT2D eigenvalue weighted by Gasteiger charge is 2.10. The van der Waals surface area contributed by atoms with Crippen molar-refractivity contribution in [1.82, 2.24) is 10.2 Å². The van der Waals surface area contributed by atoms with E-state index in [0.29, 0.717) is 18.4 Å². The maximum absolute atomic E-state index is 11.4. The summed E-state index contributed by atoms with van der Waals surface area (Å²) in [5, 5.41) is 2.69. The number of hydrogen-bond acceptors (Lipinski definition) is 2. The first-order valence-electron chi connectivity index (χ1n) is 6.38. The first-order chi connectivity index (χ1) is 7.45. The fourth-order valence-electron chi connectivity index (χ4n) is 1.43. The number of rotatable bonds is 8. The van der Waals surface area contributed by atoms with Gasteiger partial charge in [-0.05, 0) is 37.8 Å². The maximum Gasteiger partial charge on any atom is 0.233 e. The monoisotopic (exact) mass is 228 g/mol. The summed E-state index contributed by atoms with van der Waals surface area (Å²) < 4.78 is 0. The zero-order chi connectivity index (χ0) is 12.6. The van der Waals surface area contributed by atoms with Crippen LogP contribution in [0.1, 0.15) is 40.5 Å². The zero-order valence-corrected chi connectivity index (χ0v) is 11.5. The van der Waals surface area contributed by atoms with Crippen molar-refractivity contribution in [1.29, 1.82) is 0 Å². The minimum Gasteiger partial charge on any atom is -0.358 e. The van der Waals surface area contributed by atoms with Gasteiger partial charge in [0, 0.05) is 7.05 Å². The largest absolute Gasteiger partial charge is 0.358 e. The van der Waals surface area contributed by atoms with Gasteiger partial charge in [0.25, 0.3) is 0 Å². The Morgan fingerprint density at radius 1 is 1.06 bits per heavy atom. The van der Waals surface area contributed by atoms with Gasteiger partial charge in [-0.15, -0.1) is 0 Å². The number of carbonyl (C=O) groups excluding carboxylic acids is 1. The smallest absolute Gasteiger partial charge is 0.233 e. The van der Waals surface area contributed by atoms with Gasteiger partial charge in [0.1, 0.15) is 0 Å². The molecule has 0 heterocycles. The van der Waals surface area contributed by atoms with Gasteiger partial charge in [-0.2, -0.15) is 0 Å². The second-order valence-electron chi connectivity index (χ2n) is 5.31. The van der Waals surface area contributed by atoms with E-state index in [9.17, 15) is 4.79 Å². The van der Waals surface area contributed by atoms with Gasteiger partial charge >= 0.3 is 0 Å². The average molecular weight is 228 g/mol. The van der Waals surface area contributed by atoms with Crippen molar-refractivity contribution in [3.63, 3.8) is 0 Å². The van der Waals surface area contributed by atoms with Crippen molar-refractivity contribution < 1.29 is 4.79 Å². The molecule has 0 aliphatic rings. The third-order valence-electron chi connectivity index (χ3n) is 2.69. The molecule has 0 aromatic carbocycles. The van der Waals surface area contributed by atoms with Gasteiger partial charge in [-0.1, -0.05) is 27.7 Å². The first-order valence-corrected chi connectivity index (χ1v) is 6.38. The SMILES string of the molecule is CNC(=O)CN(CCC(C)C)CCC(C)C. The van der Waals surface area contributed by atoms with Crippen LogP contribution in [0, 0.1) is 11.8 Å². The summed E-state index contributed by atoms with van der Waals surface area (Å²) in [5.74, 6) is 1.52. The molecule has 0 aromatic heterocycles. The molecule has 0 atom stereocenters. The van der Waals surface area contributed by atoms with Crippen LogP contribution in [0.4, 0.5) is 0 Å². The lowest BCUT2D eigenvalue weighted by Crippen LogP contribution is -2.37. The molecule has 0 radical (unpaired) electrons. The quantitative estimate of drug-likeness (QED) is 0.690. The molecule has 0 aromatic rings. The zero-order valence-electron chi connectivity index (χ0n) is 11.5. The van der Waals surface area contributed by atoms with Crippen molar-refractivity contribution >= 4 is 5.91 Å². The highest BCUT2D eigenvalue weighted by atomic mass is 16.1. The van der Waals surface area contributed by atoms with Crippen LogP contribution < -0.4 is 5.32 Å². The Kier molecular flexibility index (Phi) is 8.26. The topological polar surface area (TPSA) is 32.3 Å². The number of nitrogens with one attached hydrogen (secondary N) is 1. The fourth-order valence-corrected chi connectivity index (χ4v) is 1.43. The molecule has 96 valence electrons. The maximum atomic E-state index is 11.4. The predicted octanol–water partition coefficient (Wildman–Crippen LogP) is 2.13. The summed E-state index contributed by atoms with van der Waals surface area (Å²) in [6.45, 7) is 11.5. The van der Waals surface area contributed by atoms with E-state index >= 15 is 0 Å². The van der Waals surface area contributed by atoms with Crippen LogP contribution in [0.5, 0.6) is 0 Å². The lowest BCUT2D eigenvalue weighted by Gasteiger charge is -2.23. The van der Waals surface area contributed by atoms with Crippen LogP contribution in [0.25, 0.3) is 0 Å². The van der Waals surface area contributed by atoms with Crippen LogP contribution in [-0.4, -0.2) is 37.5 Å². The van der Waals surface area contributed by atoms with Gasteiger partial charge in [0.15, 0.2) is 0 Å². The van der Waals surface area contributed by atoms with E-state index in [-0.39, 0.29) is 5.91 Å². The number of hydrogen-bond donors (Lipinski definition) is 1. The normalized spacial score (nSPS) is 11.5. The third-order valence-corrected chi connectivity index (χ3v) is 2.69. The Bertz CT molecular complexity index is 178. The second kappa shape index (κ2) is 8.57. The summed E-state index contributed by atoms with van der Waals surface area (Å²) in [5.41, 5.74) is 0. The molecule has 0 saturated carbocycles. The van der Waals surface area contributed by atoms with E-state index in [1.807, 2.05) is 0 Å². The first kappa shape index (κ1) is 15.4. The summed E-state index contributed by atoms with van der Waals surface area (Å²) in [6.07, 6.45) is 2.32. The van der Waals surface area contributed by atoms with Crippen molar-refractivity contribution in [2.75, 3.05) is 26.7 Å². The third kappa shape index (κ3) is 8.72. The van der Waals surface area contributed by atoms with E-state index in [0.717, 1.165) is 25.9 Å². The minimum atomic E-state index is 0.118. The molecule has 3 heteroatoms. The van der Waals surface area contributed by atoms with Gasteiger partial charge in [0.05, 0.1) is 6.54 Å². The van der Waals surface area contributed by atoms with Crippen LogP contribution in [0.3, 0.4) is 0 Å². The molecule has 0 rings (SSSR count).